The molecule has 126 valence electrons. The van der Waals surface area contributed by atoms with Gasteiger partial charge in [0.25, 0.3) is 12.1 Å². The Morgan fingerprint density at radius 1 is 1.43 bits per heavy atom. The number of nitrogens with zero attached hydrogens (tertiary/aromatic N) is 2. The van der Waals surface area contributed by atoms with E-state index in [-0.39, 0.29) is 18.3 Å². The fourth-order valence-electron chi connectivity index (χ4n) is 2.43. The van der Waals surface area contributed by atoms with Crippen LogP contribution >= 0.6 is 0 Å². The van der Waals surface area contributed by atoms with Crippen molar-refractivity contribution in [1.29, 1.82) is 0 Å². The van der Waals surface area contributed by atoms with Gasteiger partial charge in [-0.15, -0.1) is 0 Å². The molecule has 1 saturated carbocycles. The van der Waals surface area contributed by atoms with Gasteiger partial charge < -0.3 is 4.74 Å². The maximum Gasteiger partial charge on any atom is 0.289 e. The minimum atomic E-state index is -3.08. The molecule has 1 fully saturated rings. The molecule has 0 spiro atoms. The van der Waals surface area contributed by atoms with E-state index in [0.29, 0.717) is 23.9 Å². The van der Waals surface area contributed by atoms with E-state index in [9.17, 15) is 18.9 Å². The zero-order valence-corrected chi connectivity index (χ0v) is 13.2. The summed E-state index contributed by atoms with van der Waals surface area (Å²) in [5.74, 6) is -4.12. The van der Waals surface area contributed by atoms with Crippen LogP contribution in [0.4, 0.5) is 8.78 Å². The van der Waals surface area contributed by atoms with Crippen LogP contribution in [0.5, 0.6) is 0 Å². The van der Waals surface area contributed by atoms with Crippen LogP contribution in [0.25, 0.3) is 0 Å². The Morgan fingerprint density at radius 2 is 2.13 bits per heavy atom. The number of hydrogen-bond acceptors (Lipinski definition) is 4. The predicted octanol–water partition coefficient (Wildman–Crippen LogP) is 3.90. The molecule has 0 N–H and O–H groups in total. The molecule has 0 radical (unpaired) electrons. The van der Waals surface area contributed by atoms with E-state index < -0.39 is 16.8 Å². The third kappa shape index (κ3) is 4.71. The van der Waals surface area contributed by atoms with Crippen molar-refractivity contribution < 1.29 is 18.4 Å². The first kappa shape index (κ1) is 17.3. The second kappa shape index (κ2) is 7.02. The van der Waals surface area contributed by atoms with Crippen LogP contribution in [-0.4, -0.2) is 29.7 Å². The molecule has 7 heteroatoms. The molecule has 23 heavy (non-hydrogen) atoms. The summed E-state index contributed by atoms with van der Waals surface area (Å²) in [6.45, 7) is 3.78. The van der Waals surface area contributed by atoms with Crippen LogP contribution in [0.2, 0.25) is 0 Å². The topological polar surface area (TPSA) is 64.7 Å². The summed E-state index contributed by atoms with van der Waals surface area (Å²) in [6.07, 6.45) is 6.30. The molecular weight excluding hydrogens is 306 g/mol. The Morgan fingerprint density at radius 3 is 2.65 bits per heavy atom. The first-order valence-electron chi connectivity index (χ1n) is 7.59. The summed E-state index contributed by atoms with van der Waals surface area (Å²) in [7, 11) is 0. The van der Waals surface area contributed by atoms with Gasteiger partial charge in [-0.1, -0.05) is 11.6 Å². The molecule has 5 nitrogen and oxygen atoms in total. The van der Waals surface area contributed by atoms with Crippen LogP contribution in [-0.2, 0) is 4.74 Å². The molecule has 1 aliphatic heterocycles. The Labute approximate surface area is 133 Å². The second-order valence-electron chi connectivity index (χ2n) is 5.76. The molecule has 0 aromatic heterocycles. The fraction of sp³-hybridized carbons (Fsp3) is 0.562. The number of allylic oxidation sites excluding steroid dienone is 4. The highest BCUT2D eigenvalue weighted by atomic mass is 19.3. The van der Waals surface area contributed by atoms with Crippen LogP contribution in [0.3, 0.4) is 0 Å². The van der Waals surface area contributed by atoms with E-state index in [1.54, 1.807) is 19.9 Å². The highest BCUT2D eigenvalue weighted by molar-refractivity contribution is 5.69. The summed E-state index contributed by atoms with van der Waals surface area (Å²) in [4.78, 5) is 13.8. The number of alkyl halides is 2. The molecule has 2 rings (SSSR count). The Kier molecular flexibility index (Phi) is 5.28. The molecule has 0 aromatic carbocycles. The van der Waals surface area contributed by atoms with Gasteiger partial charge in [0.2, 0.25) is 0 Å². The predicted molar refractivity (Wildman–Crippen MR) is 83.1 cm³/mol. The quantitative estimate of drug-likeness (QED) is 0.322. The highest BCUT2D eigenvalue weighted by Gasteiger charge is 2.42. The van der Waals surface area contributed by atoms with Crippen LogP contribution < -0.4 is 0 Å². The minimum Gasteiger partial charge on any atom is -0.484 e. The number of nitro groups is 1. The third-order valence-corrected chi connectivity index (χ3v) is 3.90. The lowest BCUT2D eigenvalue weighted by Gasteiger charge is -2.29. The van der Waals surface area contributed by atoms with Gasteiger partial charge in [-0.3, -0.25) is 15.1 Å². The average molecular weight is 326 g/mol. The van der Waals surface area contributed by atoms with Crippen molar-refractivity contribution in [2.45, 2.75) is 45.1 Å². The number of aliphatic imine (C=N–C) groups is 1. The molecule has 2 aliphatic rings. The molecule has 1 heterocycles. The lowest BCUT2D eigenvalue weighted by molar-refractivity contribution is -0.405. The van der Waals surface area contributed by atoms with Crippen molar-refractivity contribution in [3.63, 3.8) is 0 Å². The van der Waals surface area contributed by atoms with Gasteiger partial charge in [0.1, 0.15) is 0 Å². The Hall–Kier alpha value is -2.05. The van der Waals surface area contributed by atoms with Crippen molar-refractivity contribution >= 4 is 6.21 Å². The monoisotopic (exact) mass is 326 g/mol. The Bertz CT molecular complexity index is 590. The lowest BCUT2D eigenvalue weighted by Crippen LogP contribution is -2.35. The first-order valence-corrected chi connectivity index (χ1v) is 7.59. The number of ether oxygens (including phenoxy) is 1. The number of rotatable bonds is 6. The molecule has 0 amide bonds. The SMILES string of the molecule is C\C=C(C)/C(=C\C(=C\[N+](=O)[O-])OC1CC1)C1CCN=CC1(F)F. The largest absolute Gasteiger partial charge is 0.484 e. The zero-order valence-electron chi connectivity index (χ0n) is 13.2. The third-order valence-electron chi connectivity index (χ3n) is 3.90. The lowest BCUT2D eigenvalue weighted by atomic mass is 9.83. The smallest absolute Gasteiger partial charge is 0.289 e. The summed E-state index contributed by atoms with van der Waals surface area (Å²) < 4.78 is 33.9. The molecule has 0 bridgehead atoms. The maximum atomic E-state index is 14.2. The summed E-state index contributed by atoms with van der Waals surface area (Å²) >= 11 is 0. The van der Waals surface area contributed by atoms with Gasteiger partial charge in [-0.25, -0.2) is 0 Å². The van der Waals surface area contributed by atoms with Gasteiger partial charge in [0.15, 0.2) is 5.76 Å². The van der Waals surface area contributed by atoms with Gasteiger partial charge in [0, 0.05) is 6.54 Å². The van der Waals surface area contributed by atoms with Crippen LogP contribution in [0, 0.1) is 16.0 Å². The summed E-state index contributed by atoms with van der Waals surface area (Å²) in [6, 6.07) is 0. The Balaban J connectivity index is 2.39. The molecule has 1 unspecified atom stereocenters. The highest BCUT2D eigenvalue weighted by Crippen LogP contribution is 2.38. The maximum absolute atomic E-state index is 14.2. The number of hydrogen-bond donors (Lipinski definition) is 0. The summed E-state index contributed by atoms with van der Waals surface area (Å²) in [5.41, 5.74) is 1.01. The minimum absolute atomic E-state index is 0.0204. The van der Waals surface area contributed by atoms with Crippen molar-refractivity contribution in [2.24, 2.45) is 10.9 Å². The van der Waals surface area contributed by atoms with Crippen molar-refractivity contribution in [3.8, 4) is 0 Å². The second-order valence-corrected chi connectivity index (χ2v) is 5.76. The standard InChI is InChI=1S/C16H20F2N2O3/c1-3-11(2)14(15-6-7-19-10-16(15,17)18)8-13(9-20(21)22)23-12-4-5-12/h3,8-10,12,15H,4-7H2,1-2H3/b11-3-,13-9-,14-8+. The zero-order chi connectivity index (χ0) is 17.0. The molecular formula is C16H20F2N2O3. The van der Waals surface area contributed by atoms with Gasteiger partial charge in [-0.05, 0) is 44.8 Å². The first-order chi connectivity index (χ1) is 10.8. The molecule has 0 aromatic rings. The van der Waals surface area contributed by atoms with Gasteiger partial charge in [0.05, 0.1) is 23.2 Å². The van der Waals surface area contributed by atoms with Gasteiger partial charge >= 0.3 is 0 Å². The van der Waals surface area contributed by atoms with Crippen LogP contribution in [0.1, 0.15) is 33.1 Å². The van der Waals surface area contributed by atoms with Crippen LogP contribution in [0.15, 0.2) is 40.2 Å². The van der Waals surface area contributed by atoms with Gasteiger partial charge in [-0.2, -0.15) is 8.78 Å². The fourth-order valence-corrected chi connectivity index (χ4v) is 2.43. The van der Waals surface area contributed by atoms with E-state index >= 15 is 0 Å². The van der Waals surface area contributed by atoms with E-state index in [2.05, 4.69) is 4.99 Å². The van der Waals surface area contributed by atoms with Crippen molar-refractivity contribution in [3.05, 3.63) is 45.4 Å². The van der Waals surface area contributed by atoms with E-state index in [1.807, 2.05) is 0 Å². The van der Waals surface area contributed by atoms with Crippen molar-refractivity contribution in [1.82, 2.24) is 0 Å². The molecule has 1 aliphatic carbocycles. The van der Waals surface area contributed by atoms with Crippen molar-refractivity contribution in [2.75, 3.05) is 6.54 Å². The average Bonchev–Trinajstić information content (AvgIpc) is 3.27. The van der Waals surface area contributed by atoms with E-state index in [0.717, 1.165) is 19.0 Å². The molecule has 1 atom stereocenters. The van der Waals surface area contributed by atoms with E-state index in [1.165, 1.54) is 6.08 Å². The molecule has 0 saturated heterocycles. The summed E-state index contributed by atoms with van der Waals surface area (Å²) in [5, 5.41) is 10.8. The number of halogens is 2. The van der Waals surface area contributed by atoms with E-state index in [4.69, 9.17) is 4.74 Å². The normalized spacial score (nSPS) is 25.4.